The van der Waals surface area contributed by atoms with Gasteiger partial charge < -0.3 is 14.5 Å². The minimum absolute atomic E-state index is 0.0307. The maximum atomic E-state index is 11.6. The molecule has 2 N–H and O–H groups in total. The van der Waals surface area contributed by atoms with Gasteiger partial charge in [0.25, 0.3) is 5.91 Å². The van der Waals surface area contributed by atoms with Crippen molar-refractivity contribution in [3.63, 3.8) is 0 Å². The number of carbonyl (C=O) groups is 1. The lowest BCUT2D eigenvalue weighted by Gasteiger charge is -2.10. The van der Waals surface area contributed by atoms with E-state index in [1.165, 1.54) is 4.90 Å². The highest BCUT2D eigenvalue weighted by atomic mass is 16.6. The number of carbonyl (C=O) groups excluding carboxylic acids is 1. The van der Waals surface area contributed by atoms with Gasteiger partial charge in [-0.2, -0.15) is 0 Å². The minimum atomic E-state index is -0.0307. The Kier molecular flexibility index (Phi) is 4.75. The topological polar surface area (TPSA) is 64.8 Å². The third-order valence-electron chi connectivity index (χ3n) is 1.98. The summed E-state index contributed by atoms with van der Waals surface area (Å²) in [6.07, 6.45) is 0. The van der Waals surface area contributed by atoms with Crippen LogP contribution in [0, 0.1) is 0 Å². The van der Waals surface area contributed by atoms with E-state index < -0.39 is 0 Å². The third-order valence-corrected chi connectivity index (χ3v) is 1.98. The van der Waals surface area contributed by atoms with Crippen molar-refractivity contribution >= 4 is 5.91 Å². The molecular weight excluding hydrogens is 208 g/mol. The van der Waals surface area contributed by atoms with Gasteiger partial charge in [0, 0.05) is 19.7 Å². The zero-order valence-corrected chi connectivity index (χ0v) is 9.47. The molecule has 0 bridgehead atoms. The molecule has 0 atom stereocenters. The van der Waals surface area contributed by atoms with Crippen LogP contribution in [0.25, 0.3) is 0 Å². The number of hydrogen-bond acceptors (Lipinski definition) is 4. The molecule has 88 valence electrons. The summed E-state index contributed by atoms with van der Waals surface area (Å²) in [7, 11) is 3.43. The van der Waals surface area contributed by atoms with Crippen molar-refractivity contribution < 1.29 is 14.4 Å². The van der Waals surface area contributed by atoms with Crippen LogP contribution in [0.2, 0.25) is 0 Å². The lowest BCUT2D eigenvalue weighted by atomic mass is 10.2. The first-order valence-electron chi connectivity index (χ1n) is 4.91. The lowest BCUT2D eigenvalue weighted by molar-refractivity contribution is 0.0827. The molecule has 0 unspecified atom stereocenters. The summed E-state index contributed by atoms with van der Waals surface area (Å²) in [5, 5.41) is 0. The number of hydrogen-bond donors (Lipinski definition) is 1. The number of ether oxygens (including phenoxy) is 1. The van der Waals surface area contributed by atoms with E-state index in [0.29, 0.717) is 24.5 Å². The highest BCUT2D eigenvalue weighted by Gasteiger charge is 2.07. The number of amides is 1. The van der Waals surface area contributed by atoms with Crippen LogP contribution in [0.5, 0.6) is 5.75 Å². The molecule has 0 aliphatic carbocycles. The lowest BCUT2D eigenvalue weighted by Crippen LogP contribution is -2.21. The molecule has 0 saturated heterocycles. The average molecular weight is 224 g/mol. The Bertz CT molecular complexity index is 336. The Morgan fingerprint density at radius 1 is 1.25 bits per heavy atom. The standard InChI is InChI=1S/C11H16N2O3/c1-13(2)11(14)9-3-5-10(6-4-9)15-7-8-16-12/h3-6H,7-8,12H2,1-2H3. The van der Waals surface area contributed by atoms with Crippen LogP contribution in [0.15, 0.2) is 24.3 Å². The zero-order valence-electron chi connectivity index (χ0n) is 9.47. The summed E-state index contributed by atoms with van der Waals surface area (Å²) in [6, 6.07) is 6.93. The molecular formula is C11H16N2O3. The van der Waals surface area contributed by atoms with Crippen LogP contribution >= 0.6 is 0 Å². The Hall–Kier alpha value is -1.59. The van der Waals surface area contributed by atoms with Crippen molar-refractivity contribution in [2.24, 2.45) is 5.90 Å². The van der Waals surface area contributed by atoms with Crippen LogP contribution < -0.4 is 10.6 Å². The molecule has 0 aromatic heterocycles. The van der Waals surface area contributed by atoms with Crippen LogP contribution in [0.3, 0.4) is 0 Å². The molecule has 0 aliphatic heterocycles. The van der Waals surface area contributed by atoms with Crippen molar-refractivity contribution in [3.8, 4) is 5.75 Å². The van der Waals surface area contributed by atoms with E-state index in [-0.39, 0.29) is 5.91 Å². The van der Waals surface area contributed by atoms with Gasteiger partial charge in [-0.3, -0.25) is 4.79 Å². The third kappa shape index (κ3) is 3.52. The molecule has 1 aromatic carbocycles. The van der Waals surface area contributed by atoms with Crippen molar-refractivity contribution in [3.05, 3.63) is 29.8 Å². The summed E-state index contributed by atoms with van der Waals surface area (Å²) in [6.45, 7) is 0.718. The summed E-state index contributed by atoms with van der Waals surface area (Å²) in [5.41, 5.74) is 0.632. The van der Waals surface area contributed by atoms with E-state index in [9.17, 15) is 4.79 Å². The largest absolute Gasteiger partial charge is 0.491 e. The van der Waals surface area contributed by atoms with E-state index >= 15 is 0 Å². The fourth-order valence-electron chi connectivity index (χ4n) is 1.16. The summed E-state index contributed by atoms with van der Waals surface area (Å²) in [5.74, 6) is 5.52. The smallest absolute Gasteiger partial charge is 0.253 e. The number of nitrogens with two attached hydrogens (primary N) is 1. The van der Waals surface area contributed by atoms with Gasteiger partial charge in [0.15, 0.2) is 0 Å². The molecule has 0 heterocycles. The number of rotatable bonds is 5. The molecule has 1 rings (SSSR count). The molecule has 0 saturated carbocycles. The summed E-state index contributed by atoms with van der Waals surface area (Å²) in [4.78, 5) is 17.5. The Labute approximate surface area is 94.7 Å². The minimum Gasteiger partial charge on any atom is -0.491 e. The molecule has 5 nitrogen and oxygen atoms in total. The fourth-order valence-corrected chi connectivity index (χ4v) is 1.16. The van der Waals surface area contributed by atoms with Crippen molar-refractivity contribution in [1.29, 1.82) is 0 Å². The molecule has 0 spiro atoms. The van der Waals surface area contributed by atoms with Crippen LogP contribution in [0.4, 0.5) is 0 Å². The van der Waals surface area contributed by atoms with Crippen LogP contribution in [-0.4, -0.2) is 38.1 Å². The van der Waals surface area contributed by atoms with Crippen molar-refractivity contribution in [1.82, 2.24) is 4.90 Å². The summed E-state index contributed by atoms with van der Waals surface area (Å²) < 4.78 is 5.31. The molecule has 0 fully saturated rings. The zero-order chi connectivity index (χ0) is 12.0. The van der Waals surface area contributed by atoms with Gasteiger partial charge in [0.2, 0.25) is 0 Å². The average Bonchev–Trinajstić information content (AvgIpc) is 2.29. The maximum absolute atomic E-state index is 11.6. The fraction of sp³-hybridized carbons (Fsp3) is 0.364. The van der Waals surface area contributed by atoms with E-state index in [2.05, 4.69) is 4.84 Å². The normalized spacial score (nSPS) is 9.94. The van der Waals surface area contributed by atoms with E-state index in [1.54, 1.807) is 38.4 Å². The molecule has 1 aromatic rings. The molecule has 5 heteroatoms. The van der Waals surface area contributed by atoms with E-state index in [1.807, 2.05) is 0 Å². The molecule has 0 radical (unpaired) electrons. The molecule has 0 aliphatic rings. The van der Waals surface area contributed by atoms with Crippen molar-refractivity contribution in [2.75, 3.05) is 27.3 Å². The second-order valence-corrected chi connectivity index (χ2v) is 3.44. The SMILES string of the molecule is CN(C)C(=O)c1ccc(OCCON)cc1. The van der Waals surface area contributed by atoms with E-state index in [4.69, 9.17) is 10.6 Å². The van der Waals surface area contributed by atoms with Crippen molar-refractivity contribution in [2.45, 2.75) is 0 Å². The van der Waals surface area contributed by atoms with Gasteiger partial charge in [-0.25, -0.2) is 5.90 Å². The van der Waals surface area contributed by atoms with Gasteiger partial charge in [-0.05, 0) is 24.3 Å². The predicted molar refractivity (Wildman–Crippen MR) is 60.1 cm³/mol. The Morgan fingerprint density at radius 3 is 2.38 bits per heavy atom. The highest BCUT2D eigenvalue weighted by molar-refractivity contribution is 5.93. The quantitative estimate of drug-likeness (QED) is 0.589. The predicted octanol–water partition coefficient (Wildman–Crippen LogP) is 0.657. The number of nitrogens with zero attached hydrogens (tertiary/aromatic N) is 1. The molecule has 16 heavy (non-hydrogen) atoms. The maximum Gasteiger partial charge on any atom is 0.253 e. The first-order valence-corrected chi connectivity index (χ1v) is 4.91. The van der Waals surface area contributed by atoms with Crippen LogP contribution in [-0.2, 0) is 4.84 Å². The first kappa shape index (κ1) is 12.5. The van der Waals surface area contributed by atoms with Gasteiger partial charge in [0.05, 0.1) is 0 Å². The highest BCUT2D eigenvalue weighted by Crippen LogP contribution is 2.12. The first-order chi connectivity index (χ1) is 7.65. The van der Waals surface area contributed by atoms with Gasteiger partial charge in [0.1, 0.15) is 19.0 Å². The van der Waals surface area contributed by atoms with Crippen LogP contribution in [0.1, 0.15) is 10.4 Å². The Morgan fingerprint density at radius 2 is 1.88 bits per heavy atom. The van der Waals surface area contributed by atoms with Gasteiger partial charge in [-0.15, -0.1) is 0 Å². The van der Waals surface area contributed by atoms with E-state index in [0.717, 1.165) is 0 Å². The Balaban J connectivity index is 2.57. The van der Waals surface area contributed by atoms with Gasteiger partial charge >= 0.3 is 0 Å². The van der Waals surface area contributed by atoms with Gasteiger partial charge in [-0.1, -0.05) is 0 Å². The monoisotopic (exact) mass is 224 g/mol. The second-order valence-electron chi connectivity index (χ2n) is 3.44. The second kappa shape index (κ2) is 6.09. The number of benzene rings is 1. The molecule has 1 amide bonds. The summed E-state index contributed by atoms with van der Waals surface area (Å²) >= 11 is 0.